The maximum Gasteiger partial charge on any atom is 0.0701 e. The third-order valence-corrected chi connectivity index (χ3v) is 6.18. The van der Waals surface area contributed by atoms with Gasteiger partial charge in [-0.15, -0.1) is 0 Å². The summed E-state index contributed by atoms with van der Waals surface area (Å²) in [6.45, 7) is 4.40. The molecule has 2 unspecified atom stereocenters. The van der Waals surface area contributed by atoms with E-state index in [9.17, 15) is 0 Å². The highest BCUT2D eigenvalue weighted by Crippen LogP contribution is 2.40. The first-order chi connectivity index (χ1) is 9.29. The lowest BCUT2D eigenvalue weighted by Crippen LogP contribution is -2.49. The Hall–Kier alpha value is 0.620. The van der Waals surface area contributed by atoms with Crippen LogP contribution < -0.4 is 5.32 Å². The van der Waals surface area contributed by atoms with Crippen LogP contribution in [0.5, 0.6) is 0 Å². The van der Waals surface area contributed by atoms with Crippen LogP contribution in [0.25, 0.3) is 0 Å². The normalized spacial score (nSPS) is 28.4. The molecule has 112 valence electrons. The van der Waals surface area contributed by atoms with Gasteiger partial charge in [0.1, 0.15) is 0 Å². The molecule has 2 rings (SSSR count). The maximum atomic E-state index is 6.22. The summed E-state index contributed by atoms with van der Waals surface area (Å²) in [6.07, 6.45) is 8.54. The minimum absolute atomic E-state index is 0.235. The number of hydrogen-bond donors (Lipinski definition) is 1. The standard InChI is InChI=1S/C15H29NOS2/c1-3-7-16-14(12-18-2)13-4-8-17-15(11-13)5-9-19-10-6-15/h13-14,16H,3-12H2,1-2H3. The fraction of sp³-hybridized carbons (Fsp3) is 1.00. The predicted octanol–water partition coefficient (Wildman–Crippen LogP) is 3.41. The highest BCUT2D eigenvalue weighted by atomic mass is 32.2. The zero-order chi connectivity index (χ0) is 13.6. The molecule has 0 aromatic rings. The SMILES string of the molecule is CCCNC(CSC)C1CCOC2(CCSCC2)C1. The van der Waals surface area contributed by atoms with Crippen molar-refractivity contribution in [3.8, 4) is 0 Å². The summed E-state index contributed by atoms with van der Waals surface area (Å²) in [4.78, 5) is 0. The first kappa shape index (κ1) is 16.0. The molecule has 2 saturated heterocycles. The van der Waals surface area contributed by atoms with Crippen LogP contribution >= 0.6 is 23.5 Å². The molecule has 0 aromatic heterocycles. The van der Waals surface area contributed by atoms with Crippen molar-refractivity contribution >= 4 is 23.5 Å². The van der Waals surface area contributed by atoms with Crippen LogP contribution in [0.4, 0.5) is 0 Å². The van der Waals surface area contributed by atoms with Gasteiger partial charge in [-0.05, 0) is 62.3 Å². The van der Waals surface area contributed by atoms with E-state index in [2.05, 4.69) is 30.3 Å². The highest BCUT2D eigenvalue weighted by molar-refractivity contribution is 7.99. The summed E-state index contributed by atoms with van der Waals surface area (Å²) in [5, 5.41) is 3.78. The van der Waals surface area contributed by atoms with Crippen LogP contribution in [0.15, 0.2) is 0 Å². The Morgan fingerprint density at radius 1 is 1.42 bits per heavy atom. The van der Waals surface area contributed by atoms with E-state index in [0.29, 0.717) is 6.04 Å². The average molecular weight is 304 g/mol. The molecule has 2 aliphatic heterocycles. The Bertz CT molecular complexity index is 251. The van der Waals surface area contributed by atoms with Crippen molar-refractivity contribution in [1.29, 1.82) is 0 Å². The predicted molar refractivity (Wildman–Crippen MR) is 88.4 cm³/mol. The molecular formula is C15H29NOS2. The van der Waals surface area contributed by atoms with Crippen molar-refractivity contribution in [3.05, 3.63) is 0 Å². The van der Waals surface area contributed by atoms with Gasteiger partial charge in [0.25, 0.3) is 0 Å². The lowest BCUT2D eigenvalue weighted by Gasteiger charge is -2.45. The fourth-order valence-corrected chi connectivity index (χ4v) is 5.36. The molecule has 0 bridgehead atoms. The lowest BCUT2D eigenvalue weighted by atomic mass is 9.79. The van der Waals surface area contributed by atoms with Gasteiger partial charge in [0, 0.05) is 18.4 Å². The van der Waals surface area contributed by atoms with Crippen LogP contribution in [0.3, 0.4) is 0 Å². The molecule has 19 heavy (non-hydrogen) atoms. The summed E-state index contributed by atoms with van der Waals surface area (Å²) in [5.74, 6) is 4.65. The van der Waals surface area contributed by atoms with Crippen molar-refractivity contribution in [2.24, 2.45) is 5.92 Å². The largest absolute Gasteiger partial charge is 0.375 e. The third-order valence-electron chi connectivity index (χ3n) is 4.51. The van der Waals surface area contributed by atoms with E-state index >= 15 is 0 Å². The van der Waals surface area contributed by atoms with Gasteiger partial charge in [-0.1, -0.05) is 6.92 Å². The second-order valence-corrected chi connectivity index (χ2v) is 8.05. The monoisotopic (exact) mass is 303 g/mol. The fourth-order valence-electron chi connectivity index (χ4n) is 3.37. The second-order valence-electron chi connectivity index (χ2n) is 5.91. The maximum absolute atomic E-state index is 6.22. The van der Waals surface area contributed by atoms with Crippen LogP contribution in [-0.2, 0) is 4.74 Å². The summed E-state index contributed by atoms with van der Waals surface area (Å²) < 4.78 is 6.22. The Balaban J connectivity index is 1.93. The molecule has 2 heterocycles. The molecule has 2 aliphatic rings. The van der Waals surface area contributed by atoms with Gasteiger partial charge in [-0.25, -0.2) is 0 Å². The van der Waals surface area contributed by atoms with Crippen LogP contribution in [-0.4, -0.2) is 48.3 Å². The van der Waals surface area contributed by atoms with E-state index in [1.807, 2.05) is 11.8 Å². The van der Waals surface area contributed by atoms with Gasteiger partial charge in [0.2, 0.25) is 0 Å². The molecule has 0 aromatic carbocycles. The van der Waals surface area contributed by atoms with Gasteiger partial charge < -0.3 is 10.1 Å². The second kappa shape index (κ2) is 8.16. The van der Waals surface area contributed by atoms with Crippen molar-refractivity contribution in [3.63, 3.8) is 0 Å². The summed E-state index contributed by atoms with van der Waals surface area (Å²) in [7, 11) is 0. The molecule has 4 heteroatoms. The van der Waals surface area contributed by atoms with Crippen molar-refractivity contribution in [1.82, 2.24) is 5.32 Å². The van der Waals surface area contributed by atoms with Gasteiger partial charge >= 0.3 is 0 Å². The van der Waals surface area contributed by atoms with Gasteiger partial charge in [0.05, 0.1) is 5.60 Å². The van der Waals surface area contributed by atoms with Gasteiger partial charge in [0.15, 0.2) is 0 Å². The van der Waals surface area contributed by atoms with Crippen LogP contribution in [0.2, 0.25) is 0 Å². The van der Waals surface area contributed by atoms with Crippen LogP contribution in [0.1, 0.15) is 39.0 Å². The van der Waals surface area contributed by atoms with E-state index in [-0.39, 0.29) is 5.60 Å². The molecule has 2 nitrogen and oxygen atoms in total. The number of nitrogens with one attached hydrogen (secondary N) is 1. The minimum atomic E-state index is 0.235. The Kier molecular flexibility index (Phi) is 6.87. The van der Waals surface area contributed by atoms with Crippen molar-refractivity contribution in [2.75, 3.05) is 36.7 Å². The summed E-state index contributed by atoms with van der Waals surface area (Å²) in [5.41, 5.74) is 0.235. The number of rotatable bonds is 6. The Morgan fingerprint density at radius 2 is 2.21 bits per heavy atom. The molecule has 0 radical (unpaired) electrons. The van der Waals surface area contributed by atoms with E-state index in [1.165, 1.54) is 49.4 Å². The topological polar surface area (TPSA) is 21.3 Å². The molecule has 2 fully saturated rings. The molecule has 1 N–H and O–H groups in total. The van der Waals surface area contributed by atoms with E-state index in [1.54, 1.807) is 0 Å². The summed E-state index contributed by atoms with van der Waals surface area (Å²) >= 11 is 4.08. The highest BCUT2D eigenvalue weighted by Gasteiger charge is 2.40. The molecular weight excluding hydrogens is 274 g/mol. The minimum Gasteiger partial charge on any atom is -0.375 e. The van der Waals surface area contributed by atoms with E-state index < -0.39 is 0 Å². The van der Waals surface area contributed by atoms with Crippen LogP contribution in [0, 0.1) is 5.92 Å². The quantitative estimate of drug-likeness (QED) is 0.811. The molecule has 2 atom stereocenters. The van der Waals surface area contributed by atoms with Crippen molar-refractivity contribution < 1.29 is 4.74 Å². The average Bonchev–Trinajstić information content (AvgIpc) is 2.44. The lowest BCUT2D eigenvalue weighted by molar-refractivity contribution is -0.106. The molecule has 1 spiro atoms. The summed E-state index contributed by atoms with van der Waals surface area (Å²) in [6, 6.07) is 0.685. The number of hydrogen-bond acceptors (Lipinski definition) is 4. The Labute approximate surface area is 127 Å². The first-order valence-electron chi connectivity index (χ1n) is 7.74. The molecule has 0 amide bonds. The smallest absolute Gasteiger partial charge is 0.0701 e. The van der Waals surface area contributed by atoms with E-state index in [0.717, 1.165) is 19.1 Å². The zero-order valence-electron chi connectivity index (χ0n) is 12.5. The zero-order valence-corrected chi connectivity index (χ0v) is 14.1. The molecule has 0 aliphatic carbocycles. The first-order valence-corrected chi connectivity index (χ1v) is 10.3. The third kappa shape index (κ3) is 4.55. The van der Waals surface area contributed by atoms with Gasteiger partial charge in [-0.2, -0.15) is 23.5 Å². The number of thioether (sulfide) groups is 2. The van der Waals surface area contributed by atoms with Crippen molar-refractivity contribution in [2.45, 2.75) is 50.7 Å². The number of ether oxygens (including phenoxy) is 1. The van der Waals surface area contributed by atoms with E-state index in [4.69, 9.17) is 4.74 Å². The van der Waals surface area contributed by atoms with Gasteiger partial charge in [-0.3, -0.25) is 0 Å². The molecule has 0 saturated carbocycles. The Morgan fingerprint density at radius 3 is 2.89 bits per heavy atom.